The molecule has 1 aromatic heterocycles. The first kappa shape index (κ1) is 11.2. The van der Waals surface area contributed by atoms with Crippen molar-refractivity contribution >= 4 is 28.9 Å². The molecule has 0 aliphatic rings. The van der Waals surface area contributed by atoms with E-state index in [-0.39, 0.29) is 11.7 Å². The molecule has 16 heavy (non-hydrogen) atoms. The minimum atomic E-state index is -0.342. The second-order valence-corrected chi connectivity index (χ2v) is 5.38. The summed E-state index contributed by atoms with van der Waals surface area (Å²) in [6, 6.07) is 8.46. The molecule has 0 saturated carbocycles. The smallest absolute Gasteiger partial charge is 0.137 e. The maximum Gasteiger partial charge on any atom is 0.137 e. The molecule has 2 rings (SSSR count). The first-order chi connectivity index (χ1) is 7.66. The van der Waals surface area contributed by atoms with Crippen LogP contribution in [0.25, 0.3) is 0 Å². The van der Waals surface area contributed by atoms with Crippen LogP contribution < -0.4 is 5.73 Å². The first-order valence-electron chi connectivity index (χ1n) is 4.52. The zero-order valence-electron chi connectivity index (χ0n) is 8.24. The summed E-state index contributed by atoms with van der Waals surface area (Å²) >= 11 is 2.94. The number of nitrogen functional groups attached to an aromatic ring is 1. The zero-order valence-corrected chi connectivity index (χ0v) is 9.87. The van der Waals surface area contributed by atoms with Crippen LogP contribution in [0, 0.1) is 11.2 Å². The molecule has 1 aromatic carbocycles. The van der Waals surface area contributed by atoms with Gasteiger partial charge in [-0.15, -0.1) is 11.3 Å². The van der Waals surface area contributed by atoms with E-state index in [0.717, 1.165) is 4.21 Å². The van der Waals surface area contributed by atoms with Crippen molar-refractivity contribution in [3.63, 3.8) is 0 Å². The zero-order chi connectivity index (χ0) is 11.5. The molecule has 0 atom stereocenters. The highest BCUT2D eigenvalue weighted by molar-refractivity contribution is 8.01. The molecule has 0 bridgehead atoms. The van der Waals surface area contributed by atoms with Gasteiger partial charge in [0.2, 0.25) is 0 Å². The lowest BCUT2D eigenvalue weighted by Gasteiger charge is -2.03. The SMILES string of the molecule is N=C(N)c1ccc(Sc2cccs2)c(F)c1. The van der Waals surface area contributed by atoms with E-state index in [1.165, 1.54) is 17.8 Å². The van der Waals surface area contributed by atoms with Gasteiger partial charge in [0.1, 0.15) is 11.7 Å². The Morgan fingerprint density at radius 3 is 2.75 bits per heavy atom. The van der Waals surface area contributed by atoms with Crippen LogP contribution >= 0.6 is 23.1 Å². The summed E-state index contributed by atoms with van der Waals surface area (Å²) in [5, 5.41) is 9.15. The van der Waals surface area contributed by atoms with Crippen molar-refractivity contribution in [2.24, 2.45) is 5.73 Å². The highest BCUT2D eigenvalue weighted by atomic mass is 32.2. The molecule has 5 heteroatoms. The number of amidine groups is 1. The molecule has 0 amide bonds. The fourth-order valence-electron chi connectivity index (χ4n) is 1.18. The normalized spacial score (nSPS) is 10.3. The van der Waals surface area contributed by atoms with Gasteiger partial charge in [-0.05, 0) is 29.6 Å². The van der Waals surface area contributed by atoms with E-state index in [1.807, 2.05) is 17.5 Å². The van der Waals surface area contributed by atoms with Crippen molar-refractivity contribution in [1.82, 2.24) is 0 Å². The lowest BCUT2D eigenvalue weighted by Crippen LogP contribution is -2.11. The number of nitrogens with one attached hydrogen (secondary N) is 1. The molecular weight excluding hydrogens is 243 g/mol. The molecule has 0 spiro atoms. The Balaban J connectivity index is 2.26. The highest BCUT2D eigenvalue weighted by Crippen LogP contribution is 2.33. The molecule has 0 aliphatic carbocycles. The van der Waals surface area contributed by atoms with Crippen LogP contribution in [0.2, 0.25) is 0 Å². The van der Waals surface area contributed by atoms with E-state index in [9.17, 15) is 4.39 Å². The van der Waals surface area contributed by atoms with Crippen LogP contribution in [0.5, 0.6) is 0 Å². The Hall–Kier alpha value is -1.33. The molecule has 2 nitrogen and oxygen atoms in total. The van der Waals surface area contributed by atoms with Gasteiger partial charge in [-0.25, -0.2) is 4.39 Å². The van der Waals surface area contributed by atoms with Gasteiger partial charge in [0, 0.05) is 10.5 Å². The fraction of sp³-hybridized carbons (Fsp3) is 0. The molecule has 3 N–H and O–H groups in total. The third-order valence-corrected chi connectivity index (χ3v) is 4.04. The maximum absolute atomic E-state index is 13.6. The average Bonchev–Trinajstić information content (AvgIpc) is 2.73. The predicted molar refractivity (Wildman–Crippen MR) is 65.9 cm³/mol. The minimum Gasteiger partial charge on any atom is -0.384 e. The van der Waals surface area contributed by atoms with Crippen molar-refractivity contribution in [2.75, 3.05) is 0 Å². The number of rotatable bonds is 3. The van der Waals surface area contributed by atoms with Crippen LogP contribution in [-0.2, 0) is 0 Å². The largest absolute Gasteiger partial charge is 0.384 e. The summed E-state index contributed by atoms with van der Waals surface area (Å²) in [6.07, 6.45) is 0. The van der Waals surface area contributed by atoms with E-state index >= 15 is 0 Å². The summed E-state index contributed by atoms with van der Waals surface area (Å²) in [7, 11) is 0. The van der Waals surface area contributed by atoms with Gasteiger partial charge in [-0.1, -0.05) is 17.8 Å². The van der Waals surface area contributed by atoms with Gasteiger partial charge in [0.05, 0.1) is 4.21 Å². The van der Waals surface area contributed by atoms with Crippen LogP contribution in [0.4, 0.5) is 4.39 Å². The molecular formula is C11H9FN2S2. The van der Waals surface area contributed by atoms with E-state index in [2.05, 4.69) is 0 Å². The van der Waals surface area contributed by atoms with Gasteiger partial charge < -0.3 is 5.73 Å². The van der Waals surface area contributed by atoms with Crippen molar-refractivity contribution in [3.8, 4) is 0 Å². The lowest BCUT2D eigenvalue weighted by atomic mass is 10.2. The van der Waals surface area contributed by atoms with E-state index < -0.39 is 0 Å². The second-order valence-electron chi connectivity index (χ2n) is 3.09. The molecule has 0 radical (unpaired) electrons. The molecule has 82 valence electrons. The van der Waals surface area contributed by atoms with Crippen LogP contribution in [0.1, 0.15) is 5.56 Å². The number of halogens is 1. The molecule has 2 aromatic rings. The Morgan fingerprint density at radius 2 is 2.19 bits per heavy atom. The predicted octanol–water partition coefficient (Wildman–Crippen LogP) is 3.32. The number of thiophene rings is 1. The van der Waals surface area contributed by atoms with Crippen LogP contribution in [0.15, 0.2) is 44.8 Å². The third kappa shape index (κ3) is 2.43. The van der Waals surface area contributed by atoms with Gasteiger partial charge in [0.15, 0.2) is 0 Å². The highest BCUT2D eigenvalue weighted by Gasteiger charge is 2.07. The minimum absolute atomic E-state index is 0.119. The third-order valence-electron chi connectivity index (χ3n) is 1.95. The number of hydrogen-bond acceptors (Lipinski definition) is 3. The molecule has 1 heterocycles. The fourth-order valence-corrected chi connectivity index (χ4v) is 2.91. The van der Waals surface area contributed by atoms with Crippen LogP contribution in [0.3, 0.4) is 0 Å². The van der Waals surface area contributed by atoms with E-state index in [1.54, 1.807) is 23.5 Å². The Bertz CT molecular complexity index is 509. The van der Waals surface area contributed by atoms with Gasteiger partial charge in [-0.3, -0.25) is 5.41 Å². The molecule has 0 fully saturated rings. The Kier molecular flexibility index (Phi) is 3.26. The van der Waals surface area contributed by atoms with Gasteiger partial charge in [0.25, 0.3) is 0 Å². The second kappa shape index (κ2) is 4.67. The number of nitrogens with two attached hydrogens (primary N) is 1. The average molecular weight is 252 g/mol. The maximum atomic E-state index is 13.6. The van der Waals surface area contributed by atoms with Crippen molar-refractivity contribution in [1.29, 1.82) is 5.41 Å². The molecule has 0 aliphatic heterocycles. The summed E-state index contributed by atoms with van der Waals surface area (Å²) in [6.45, 7) is 0. The topological polar surface area (TPSA) is 49.9 Å². The summed E-state index contributed by atoms with van der Waals surface area (Å²) < 4.78 is 14.7. The lowest BCUT2D eigenvalue weighted by molar-refractivity contribution is 0.601. The van der Waals surface area contributed by atoms with Crippen molar-refractivity contribution < 1.29 is 4.39 Å². The van der Waals surface area contributed by atoms with Gasteiger partial charge in [-0.2, -0.15) is 0 Å². The Labute approximate surface area is 101 Å². The summed E-state index contributed by atoms with van der Waals surface area (Å²) in [5.41, 5.74) is 5.69. The molecule has 0 unspecified atom stereocenters. The standard InChI is InChI=1S/C11H9FN2S2/c12-8-6-7(11(13)14)3-4-9(8)16-10-2-1-5-15-10/h1-6H,(H3,13,14). The monoisotopic (exact) mass is 252 g/mol. The van der Waals surface area contributed by atoms with Gasteiger partial charge >= 0.3 is 0 Å². The quantitative estimate of drug-likeness (QED) is 0.650. The summed E-state index contributed by atoms with van der Waals surface area (Å²) in [4.78, 5) is 0.549. The molecule has 0 saturated heterocycles. The number of benzene rings is 1. The summed E-state index contributed by atoms with van der Waals surface area (Å²) in [5.74, 6) is -0.460. The first-order valence-corrected chi connectivity index (χ1v) is 6.22. The van der Waals surface area contributed by atoms with Crippen molar-refractivity contribution in [3.05, 3.63) is 47.1 Å². The van der Waals surface area contributed by atoms with E-state index in [4.69, 9.17) is 11.1 Å². The van der Waals surface area contributed by atoms with E-state index in [0.29, 0.717) is 10.5 Å². The van der Waals surface area contributed by atoms with Crippen molar-refractivity contribution in [2.45, 2.75) is 9.10 Å². The van der Waals surface area contributed by atoms with Crippen LogP contribution in [-0.4, -0.2) is 5.84 Å². The Morgan fingerprint density at radius 1 is 1.38 bits per heavy atom. The number of hydrogen-bond donors (Lipinski definition) is 2.